The van der Waals surface area contributed by atoms with Crippen molar-refractivity contribution in [3.63, 3.8) is 0 Å². The molecule has 0 saturated carbocycles. The lowest BCUT2D eigenvalue weighted by Gasteiger charge is -2.31. The molecular formula is C31H35ClN4O2. The summed E-state index contributed by atoms with van der Waals surface area (Å²) in [6.45, 7) is 6.09. The summed E-state index contributed by atoms with van der Waals surface area (Å²) in [5, 5.41) is 1.05. The number of fused-ring (bicyclic) bond motifs is 1. The van der Waals surface area contributed by atoms with Gasteiger partial charge in [-0.25, -0.2) is 4.98 Å². The van der Waals surface area contributed by atoms with E-state index in [1.807, 2.05) is 65.6 Å². The van der Waals surface area contributed by atoms with Crippen molar-refractivity contribution >= 4 is 28.4 Å². The number of carbonyl (C=O) groups is 1. The average molecular weight is 531 g/mol. The van der Waals surface area contributed by atoms with E-state index in [-0.39, 0.29) is 23.3 Å². The number of halogens is 1. The number of nitrogens with two attached hydrogens (primary N) is 1. The first kappa shape index (κ1) is 27.6. The Kier molecular flexibility index (Phi) is 9.32. The van der Waals surface area contributed by atoms with Gasteiger partial charge in [-0.3, -0.25) is 14.2 Å². The Morgan fingerprint density at radius 3 is 2.29 bits per heavy atom. The Hall–Kier alpha value is -3.48. The molecule has 1 unspecified atom stereocenters. The highest BCUT2D eigenvalue weighted by atomic mass is 35.5. The molecule has 0 aliphatic heterocycles. The van der Waals surface area contributed by atoms with E-state index in [1.54, 1.807) is 22.8 Å². The minimum Gasteiger partial charge on any atom is -0.342 e. The van der Waals surface area contributed by atoms with Gasteiger partial charge in [0.25, 0.3) is 5.56 Å². The second-order valence-corrected chi connectivity index (χ2v) is 10.4. The fraction of sp³-hybridized carbons (Fsp3) is 0.323. The van der Waals surface area contributed by atoms with E-state index >= 15 is 0 Å². The standard InChI is InChI=1S/C31H35ClN4O2/c1-22(2)27(21-35(17-9-16-33)29(37)18-23-10-5-3-6-11-23)30-34-28-19-25(32)14-15-26(28)31(38)36(30)20-24-12-7-4-8-13-24/h3-8,10-15,19,22,27H,9,16-18,20-21,33H2,1-2H3. The Balaban J connectivity index is 1.77. The van der Waals surface area contributed by atoms with Gasteiger partial charge in [0.2, 0.25) is 5.91 Å². The predicted molar refractivity (Wildman–Crippen MR) is 155 cm³/mol. The third-order valence-corrected chi connectivity index (χ3v) is 7.10. The second-order valence-electron chi connectivity index (χ2n) is 10.0. The number of benzene rings is 3. The molecule has 38 heavy (non-hydrogen) atoms. The molecular weight excluding hydrogens is 496 g/mol. The van der Waals surface area contributed by atoms with Crippen molar-refractivity contribution < 1.29 is 4.79 Å². The first-order chi connectivity index (χ1) is 18.4. The van der Waals surface area contributed by atoms with Gasteiger partial charge in [0.05, 0.1) is 23.9 Å². The van der Waals surface area contributed by atoms with Crippen LogP contribution in [0.1, 0.15) is 43.1 Å². The topological polar surface area (TPSA) is 81.2 Å². The fourth-order valence-corrected chi connectivity index (χ4v) is 4.89. The molecule has 0 spiro atoms. The van der Waals surface area contributed by atoms with Crippen LogP contribution in [0.25, 0.3) is 10.9 Å². The molecule has 2 N–H and O–H groups in total. The van der Waals surface area contributed by atoms with Crippen LogP contribution in [0.4, 0.5) is 0 Å². The summed E-state index contributed by atoms with van der Waals surface area (Å²) in [5.74, 6) is 0.641. The van der Waals surface area contributed by atoms with E-state index in [0.29, 0.717) is 60.8 Å². The van der Waals surface area contributed by atoms with E-state index in [4.69, 9.17) is 22.3 Å². The van der Waals surface area contributed by atoms with Crippen molar-refractivity contribution in [2.75, 3.05) is 19.6 Å². The molecule has 0 saturated heterocycles. The van der Waals surface area contributed by atoms with Crippen molar-refractivity contribution in [3.8, 4) is 0 Å². The Labute approximate surface area is 229 Å². The molecule has 4 rings (SSSR count). The highest BCUT2D eigenvalue weighted by molar-refractivity contribution is 6.31. The molecule has 0 aliphatic rings. The maximum Gasteiger partial charge on any atom is 0.261 e. The Morgan fingerprint density at radius 2 is 1.66 bits per heavy atom. The van der Waals surface area contributed by atoms with Crippen LogP contribution in [-0.4, -0.2) is 40.0 Å². The molecule has 6 nitrogen and oxygen atoms in total. The van der Waals surface area contributed by atoms with Crippen molar-refractivity contribution in [2.24, 2.45) is 11.7 Å². The van der Waals surface area contributed by atoms with Gasteiger partial charge in [-0.2, -0.15) is 0 Å². The first-order valence-corrected chi connectivity index (χ1v) is 13.5. The summed E-state index contributed by atoms with van der Waals surface area (Å²) in [5.41, 5.74) is 8.26. The summed E-state index contributed by atoms with van der Waals surface area (Å²) >= 11 is 6.28. The average Bonchev–Trinajstić information content (AvgIpc) is 2.91. The number of aromatic nitrogens is 2. The highest BCUT2D eigenvalue weighted by Crippen LogP contribution is 2.27. The maximum atomic E-state index is 13.8. The highest BCUT2D eigenvalue weighted by Gasteiger charge is 2.27. The van der Waals surface area contributed by atoms with E-state index in [9.17, 15) is 9.59 Å². The Bertz CT molecular complexity index is 1420. The molecule has 1 atom stereocenters. The van der Waals surface area contributed by atoms with Gasteiger partial charge in [0.15, 0.2) is 0 Å². The molecule has 0 fully saturated rings. The summed E-state index contributed by atoms with van der Waals surface area (Å²) < 4.78 is 1.76. The molecule has 0 bridgehead atoms. The van der Waals surface area contributed by atoms with E-state index < -0.39 is 0 Å². The second kappa shape index (κ2) is 12.9. The van der Waals surface area contributed by atoms with Crippen molar-refractivity contribution in [1.82, 2.24) is 14.5 Å². The normalized spacial score (nSPS) is 12.1. The van der Waals surface area contributed by atoms with Crippen LogP contribution in [0.2, 0.25) is 5.02 Å². The zero-order valence-corrected chi connectivity index (χ0v) is 22.8. The lowest BCUT2D eigenvalue weighted by atomic mass is 9.93. The maximum absolute atomic E-state index is 13.8. The molecule has 0 radical (unpaired) electrons. The zero-order valence-electron chi connectivity index (χ0n) is 22.0. The van der Waals surface area contributed by atoms with Crippen LogP contribution in [0.3, 0.4) is 0 Å². The van der Waals surface area contributed by atoms with E-state index in [1.165, 1.54) is 0 Å². The van der Waals surface area contributed by atoms with Crippen LogP contribution >= 0.6 is 11.6 Å². The van der Waals surface area contributed by atoms with Crippen LogP contribution in [0.15, 0.2) is 83.7 Å². The molecule has 0 aliphatic carbocycles. The number of amides is 1. The smallest absolute Gasteiger partial charge is 0.261 e. The summed E-state index contributed by atoms with van der Waals surface area (Å²) in [4.78, 5) is 34.2. The van der Waals surface area contributed by atoms with Crippen LogP contribution in [0, 0.1) is 5.92 Å². The number of carbonyl (C=O) groups excluding carboxylic acids is 1. The monoisotopic (exact) mass is 530 g/mol. The molecule has 4 aromatic rings. The SMILES string of the molecule is CC(C)C(CN(CCCN)C(=O)Cc1ccccc1)c1nc2cc(Cl)ccc2c(=O)n1Cc1ccccc1. The summed E-state index contributed by atoms with van der Waals surface area (Å²) in [6.07, 6.45) is 1.01. The Morgan fingerprint density at radius 1 is 1.00 bits per heavy atom. The van der Waals surface area contributed by atoms with Gasteiger partial charge in [0, 0.05) is 24.0 Å². The minimum atomic E-state index is -0.174. The van der Waals surface area contributed by atoms with Gasteiger partial charge < -0.3 is 10.6 Å². The quantitative estimate of drug-likeness (QED) is 0.287. The molecule has 3 aromatic carbocycles. The summed E-state index contributed by atoms with van der Waals surface area (Å²) in [7, 11) is 0. The minimum absolute atomic E-state index is 0.0380. The molecule has 7 heteroatoms. The third kappa shape index (κ3) is 6.69. The molecule has 198 valence electrons. The van der Waals surface area contributed by atoms with Gasteiger partial charge in [-0.05, 0) is 48.2 Å². The number of nitrogens with zero attached hydrogens (tertiary/aromatic N) is 3. The van der Waals surface area contributed by atoms with Crippen LogP contribution in [-0.2, 0) is 17.8 Å². The van der Waals surface area contributed by atoms with Crippen molar-refractivity contribution in [1.29, 1.82) is 0 Å². The van der Waals surface area contributed by atoms with E-state index in [2.05, 4.69) is 13.8 Å². The van der Waals surface area contributed by atoms with Crippen LogP contribution in [0.5, 0.6) is 0 Å². The lowest BCUT2D eigenvalue weighted by Crippen LogP contribution is -2.40. The number of hydrogen-bond acceptors (Lipinski definition) is 4. The third-order valence-electron chi connectivity index (χ3n) is 6.87. The predicted octanol–water partition coefficient (Wildman–Crippen LogP) is 5.26. The largest absolute Gasteiger partial charge is 0.342 e. The van der Waals surface area contributed by atoms with Crippen LogP contribution < -0.4 is 11.3 Å². The zero-order chi connectivity index (χ0) is 27.1. The lowest BCUT2D eigenvalue weighted by molar-refractivity contribution is -0.131. The van der Waals surface area contributed by atoms with Crippen molar-refractivity contribution in [2.45, 2.75) is 39.2 Å². The summed E-state index contributed by atoms with van der Waals surface area (Å²) in [6, 6.07) is 24.8. The first-order valence-electron chi connectivity index (χ1n) is 13.1. The van der Waals surface area contributed by atoms with Gasteiger partial charge in [0.1, 0.15) is 5.82 Å². The number of hydrogen-bond donors (Lipinski definition) is 1. The fourth-order valence-electron chi connectivity index (χ4n) is 4.72. The molecule has 1 amide bonds. The molecule has 1 aromatic heterocycles. The van der Waals surface area contributed by atoms with Gasteiger partial charge in [-0.15, -0.1) is 0 Å². The number of rotatable bonds is 11. The van der Waals surface area contributed by atoms with Gasteiger partial charge in [-0.1, -0.05) is 86.1 Å². The van der Waals surface area contributed by atoms with Gasteiger partial charge >= 0.3 is 0 Å². The molecule has 1 heterocycles. The van der Waals surface area contributed by atoms with Crippen molar-refractivity contribution in [3.05, 3.63) is 111 Å². The van der Waals surface area contributed by atoms with E-state index in [0.717, 1.165) is 11.1 Å².